The van der Waals surface area contributed by atoms with E-state index in [-0.39, 0.29) is 18.1 Å². The predicted octanol–water partition coefficient (Wildman–Crippen LogP) is 3.17. The number of thiophene rings is 1. The van der Waals surface area contributed by atoms with Crippen LogP contribution in [-0.2, 0) is 17.6 Å². The van der Waals surface area contributed by atoms with Crippen LogP contribution in [0.3, 0.4) is 0 Å². The van der Waals surface area contributed by atoms with E-state index in [1.165, 1.54) is 16.9 Å². The molecule has 1 aromatic rings. The highest BCUT2D eigenvalue weighted by Crippen LogP contribution is 2.32. The number of hydrogen-bond acceptors (Lipinski definition) is 3. The zero-order valence-electron chi connectivity index (χ0n) is 12.3. The third-order valence-electron chi connectivity index (χ3n) is 4.53. The van der Waals surface area contributed by atoms with Gasteiger partial charge in [-0.2, -0.15) is 0 Å². The molecule has 20 heavy (non-hydrogen) atoms. The smallest absolute Gasteiger partial charge is 0.252 e. The van der Waals surface area contributed by atoms with Crippen LogP contribution in [0.1, 0.15) is 53.9 Å². The molecule has 0 saturated carbocycles. The second-order valence-electron chi connectivity index (χ2n) is 6.21. The maximum Gasteiger partial charge on any atom is 0.252 e. The summed E-state index contributed by atoms with van der Waals surface area (Å²) in [7, 11) is 0. The number of ether oxygens (including phenoxy) is 1. The van der Waals surface area contributed by atoms with Crippen LogP contribution in [0, 0.1) is 5.92 Å². The molecule has 1 fully saturated rings. The van der Waals surface area contributed by atoms with Gasteiger partial charge < -0.3 is 10.1 Å². The number of nitrogens with one attached hydrogen (secondary N) is 1. The van der Waals surface area contributed by atoms with Crippen molar-refractivity contribution in [3.8, 4) is 0 Å². The average molecular weight is 293 g/mol. The summed E-state index contributed by atoms with van der Waals surface area (Å²) in [6, 6.07) is 0.100. The summed E-state index contributed by atoms with van der Waals surface area (Å²) in [6.45, 7) is 5.17. The van der Waals surface area contributed by atoms with E-state index in [0.29, 0.717) is 0 Å². The minimum Gasteiger partial charge on any atom is -0.376 e. The molecule has 1 aliphatic heterocycles. The summed E-state index contributed by atoms with van der Waals surface area (Å²) < 4.78 is 5.65. The van der Waals surface area contributed by atoms with Gasteiger partial charge in [-0.1, -0.05) is 6.92 Å². The number of amides is 1. The molecule has 4 heteroatoms. The molecule has 1 N–H and O–H groups in total. The molecular weight excluding hydrogens is 270 g/mol. The van der Waals surface area contributed by atoms with Crippen molar-refractivity contribution in [2.24, 2.45) is 5.92 Å². The zero-order valence-corrected chi connectivity index (χ0v) is 13.1. The van der Waals surface area contributed by atoms with E-state index in [1.54, 1.807) is 11.3 Å². The maximum atomic E-state index is 12.5. The van der Waals surface area contributed by atoms with E-state index in [0.717, 1.165) is 43.8 Å². The second kappa shape index (κ2) is 5.86. The average Bonchev–Trinajstić information content (AvgIpc) is 3.07. The predicted molar refractivity (Wildman–Crippen MR) is 81.4 cm³/mol. The van der Waals surface area contributed by atoms with Crippen LogP contribution in [0.25, 0.3) is 0 Å². The summed E-state index contributed by atoms with van der Waals surface area (Å²) in [5, 5.41) is 5.17. The first-order chi connectivity index (χ1) is 9.65. The first-order valence-corrected chi connectivity index (χ1v) is 8.55. The Balaban J connectivity index is 1.68. The minimum atomic E-state index is 0.0834. The number of fused-ring (bicyclic) bond motifs is 1. The van der Waals surface area contributed by atoms with E-state index in [4.69, 9.17) is 4.74 Å². The fraction of sp³-hybridized carbons (Fsp3) is 0.688. The Labute approximate surface area is 124 Å². The van der Waals surface area contributed by atoms with Crippen LogP contribution in [-0.4, -0.2) is 24.7 Å². The van der Waals surface area contributed by atoms with Crippen molar-refractivity contribution in [2.75, 3.05) is 6.61 Å². The topological polar surface area (TPSA) is 38.3 Å². The van der Waals surface area contributed by atoms with Gasteiger partial charge in [-0.15, -0.1) is 11.3 Å². The van der Waals surface area contributed by atoms with E-state index in [9.17, 15) is 4.79 Å². The molecule has 0 spiro atoms. The third kappa shape index (κ3) is 2.77. The number of carbonyl (C=O) groups excluding carboxylic acids is 1. The molecule has 0 unspecified atom stereocenters. The molecular formula is C16H23NO2S. The highest BCUT2D eigenvalue weighted by atomic mass is 32.1. The van der Waals surface area contributed by atoms with Gasteiger partial charge in [0.25, 0.3) is 5.91 Å². The SMILES string of the molecule is C[C@@H]1CCc2c(C(=O)N[C@H](C)[C@@H]3CCCO3)csc2C1. The summed E-state index contributed by atoms with van der Waals surface area (Å²) >= 11 is 1.75. The van der Waals surface area contributed by atoms with Gasteiger partial charge in [0, 0.05) is 16.9 Å². The Hall–Kier alpha value is -0.870. The largest absolute Gasteiger partial charge is 0.376 e. The summed E-state index contributed by atoms with van der Waals surface area (Å²) in [4.78, 5) is 13.9. The Bertz CT molecular complexity index is 491. The summed E-state index contributed by atoms with van der Waals surface area (Å²) in [5.74, 6) is 0.836. The van der Waals surface area contributed by atoms with Crippen LogP contribution in [0.4, 0.5) is 0 Å². The van der Waals surface area contributed by atoms with Crippen LogP contribution in [0.15, 0.2) is 5.38 Å². The molecule has 2 heterocycles. The monoisotopic (exact) mass is 293 g/mol. The van der Waals surface area contributed by atoms with Gasteiger partial charge in [0.2, 0.25) is 0 Å². The van der Waals surface area contributed by atoms with Crippen molar-refractivity contribution in [2.45, 2.75) is 58.1 Å². The lowest BCUT2D eigenvalue weighted by Crippen LogP contribution is -2.41. The van der Waals surface area contributed by atoms with Crippen molar-refractivity contribution in [3.63, 3.8) is 0 Å². The molecule has 110 valence electrons. The molecule has 3 atom stereocenters. The van der Waals surface area contributed by atoms with Gasteiger partial charge in [0.1, 0.15) is 0 Å². The normalized spacial score (nSPS) is 27.1. The molecule has 3 rings (SSSR count). The highest BCUT2D eigenvalue weighted by molar-refractivity contribution is 7.10. The molecule has 0 aromatic carbocycles. The molecule has 0 bridgehead atoms. The van der Waals surface area contributed by atoms with Crippen LogP contribution in [0.2, 0.25) is 0 Å². The molecule has 1 aromatic heterocycles. The fourth-order valence-corrected chi connectivity index (χ4v) is 4.49. The Kier molecular flexibility index (Phi) is 4.13. The van der Waals surface area contributed by atoms with Gasteiger partial charge in [-0.05, 0) is 50.5 Å². The van der Waals surface area contributed by atoms with Crippen LogP contribution in [0.5, 0.6) is 0 Å². The minimum absolute atomic E-state index is 0.0834. The Morgan fingerprint density at radius 1 is 1.50 bits per heavy atom. The van der Waals surface area contributed by atoms with Gasteiger partial charge in [0.05, 0.1) is 17.7 Å². The Morgan fingerprint density at radius 2 is 2.35 bits per heavy atom. The summed E-state index contributed by atoms with van der Waals surface area (Å²) in [5.41, 5.74) is 2.20. The first kappa shape index (κ1) is 14.1. The van der Waals surface area contributed by atoms with Crippen molar-refractivity contribution in [1.82, 2.24) is 5.32 Å². The summed E-state index contributed by atoms with van der Waals surface area (Å²) in [6.07, 6.45) is 5.74. The zero-order chi connectivity index (χ0) is 14.1. The molecule has 3 nitrogen and oxygen atoms in total. The van der Waals surface area contributed by atoms with Crippen LogP contribution < -0.4 is 5.32 Å². The van der Waals surface area contributed by atoms with E-state index in [2.05, 4.69) is 19.2 Å². The molecule has 1 amide bonds. The van der Waals surface area contributed by atoms with E-state index in [1.807, 2.05) is 5.38 Å². The second-order valence-corrected chi connectivity index (χ2v) is 7.18. The lowest BCUT2D eigenvalue weighted by molar-refractivity contribution is 0.0712. The lowest BCUT2D eigenvalue weighted by Gasteiger charge is -2.22. The first-order valence-electron chi connectivity index (χ1n) is 7.67. The fourth-order valence-electron chi connectivity index (χ4n) is 3.24. The molecule has 0 radical (unpaired) electrons. The van der Waals surface area contributed by atoms with Crippen molar-refractivity contribution < 1.29 is 9.53 Å². The third-order valence-corrected chi connectivity index (χ3v) is 5.58. The highest BCUT2D eigenvalue weighted by Gasteiger charge is 2.27. The van der Waals surface area contributed by atoms with Gasteiger partial charge >= 0.3 is 0 Å². The number of rotatable bonds is 3. The molecule has 1 aliphatic carbocycles. The maximum absolute atomic E-state index is 12.5. The van der Waals surface area contributed by atoms with Crippen LogP contribution >= 0.6 is 11.3 Å². The van der Waals surface area contributed by atoms with E-state index < -0.39 is 0 Å². The molecule has 2 aliphatic rings. The number of carbonyl (C=O) groups is 1. The number of hydrogen-bond donors (Lipinski definition) is 1. The quantitative estimate of drug-likeness (QED) is 0.929. The standard InChI is InChI=1S/C16H23NO2S/c1-10-5-6-12-13(9-20-15(12)8-10)16(18)17-11(2)14-4-3-7-19-14/h9-11,14H,3-8H2,1-2H3,(H,17,18)/t10-,11-,14+/m1/s1. The van der Waals surface area contributed by atoms with E-state index >= 15 is 0 Å². The Morgan fingerprint density at radius 3 is 3.10 bits per heavy atom. The van der Waals surface area contributed by atoms with Crippen molar-refractivity contribution >= 4 is 17.2 Å². The van der Waals surface area contributed by atoms with Gasteiger partial charge in [-0.3, -0.25) is 4.79 Å². The van der Waals surface area contributed by atoms with Gasteiger partial charge in [0.15, 0.2) is 0 Å². The molecule has 1 saturated heterocycles. The van der Waals surface area contributed by atoms with Crippen molar-refractivity contribution in [1.29, 1.82) is 0 Å². The lowest BCUT2D eigenvalue weighted by atomic mass is 9.88. The van der Waals surface area contributed by atoms with Crippen molar-refractivity contribution in [3.05, 3.63) is 21.4 Å². The van der Waals surface area contributed by atoms with Gasteiger partial charge in [-0.25, -0.2) is 0 Å².